The predicted molar refractivity (Wildman–Crippen MR) is 41.1 cm³/mol. The van der Waals surface area contributed by atoms with Gasteiger partial charge < -0.3 is 4.74 Å². The van der Waals surface area contributed by atoms with E-state index in [-0.39, 0.29) is 6.41 Å². The van der Waals surface area contributed by atoms with Crippen LogP contribution in [0.4, 0.5) is 4.48 Å². The first kappa shape index (κ1) is 10.3. The van der Waals surface area contributed by atoms with Gasteiger partial charge in [-0.3, -0.25) is 9.78 Å². The van der Waals surface area contributed by atoms with Gasteiger partial charge in [-0.2, -0.15) is 5.54 Å². The highest BCUT2D eigenvalue weighted by Crippen LogP contribution is 2.02. The van der Waals surface area contributed by atoms with Gasteiger partial charge >= 0.3 is 0 Å². The summed E-state index contributed by atoms with van der Waals surface area (Å²) >= 11 is 0. The summed E-state index contributed by atoms with van der Waals surface area (Å²) in [6, 6.07) is 3.69. The normalized spacial score (nSPS) is 7.50. The van der Waals surface area contributed by atoms with Gasteiger partial charge in [0, 0.05) is 6.20 Å². The number of carbonyl (C=O) groups excluding carboxylic acids is 1. The van der Waals surface area contributed by atoms with E-state index in [2.05, 4.69) is 4.98 Å². The third kappa shape index (κ3) is 5.16. The zero-order valence-electron chi connectivity index (χ0n) is 6.53. The second-order valence-corrected chi connectivity index (χ2v) is 1.62. The maximum atomic E-state index is 10.1. The van der Waals surface area contributed by atoms with Crippen LogP contribution in [-0.4, -0.2) is 18.5 Å². The quantitative estimate of drug-likeness (QED) is 0.528. The molecule has 1 aromatic rings. The first-order valence-electron chi connectivity index (χ1n) is 3.09. The van der Waals surface area contributed by atoms with Crippen molar-refractivity contribution < 1.29 is 14.0 Å². The zero-order valence-corrected chi connectivity index (χ0v) is 6.53. The van der Waals surface area contributed by atoms with Gasteiger partial charge in [-0.25, -0.2) is 0 Å². The summed E-state index contributed by atoms with van der Waals surface area (Å²) in [5, 5.41) is 0. The van der Waals surface area contributed by atoms with Crippen molar-refractivity contribution in [1.82, 2.24) is 10.5 Å². The summed E-state index contributed by atoms with van der Waals surface area (Å²) in [5.41, 5.74) is 0.750. The average Bonchev–Trinajstić information content (AvgIpc) is 2.19. The Kier molecular flexibility index (Phi) is 6.43. The number of nitrogens with zero attached hydrogens (tertiary/aromatic N) is 1. The number of carbonyl (C=O) groups is 1. The van der Waals surface area contributed by atoms with Gasteiger partial charge in [-0.1, -0.05) is 0 Å². The molecule has 4 nitrogen and oxygen atoms in total. The summed E-state index contributed by atoms with van der Waals surface area (Å²) < 4.78 is 15.0. The maximum Gasteiger partial charge on any atom is 0.234 e. The number of nitrogens with one attached hydrogen (secondary N) is 1. The second kappa shape index (κ2) is 7.46. The van der Waals surface area contributed by atoms with Crippen LogP contribution in [0.25, 0.3) is 0 Å². The fourth-order valence-corrected chi connectivity index (χ4v) is 0.468. The van der Waals surface area contributed by atoms with E-state index >= 15 is 0 Å². The number of halogens is 1. The number of hydrogen-bond acceptors (Lipinski definition) is 3. The standard InChI is InChI=1S/C6H7NO.CH2FNO/c1-8-6-3-2-4-7-5-6;2-3-1-4/h2-5H,1H3;1H,(H,3,4). The minimum absolute atomic E-state index is 0.0417. The van der Waals surface area contributed by atoms with Gasteiger partial charge in [-0.15, -0.1) is 4.48 Å². The first-order valence-corrected chi connectivity index (χ1v) is 3.09. The molecule has 0 spiro atoms. The highest BCUT2D eigenvalue weighted by Gasteiger charge is 1.81. The summed E-state index contributed by atoms with van der Waals surface area (Å²) in [6.45, 7) is 0. The molecule has 0 aliphatic heterocycles. The number of pyridine rings is 1. The molecule has 5 heteroatoms. The van der Waals surface area contributed by atoms with Crippen molar-refractivity contribution in [3.05, 3.63) is 24.5 Å². The highest BCUT2D eigenvalue weighted by molar-refractivity contribution is 5.43. The molecule has 1 aromatic heterocycles. The van der Waals surface area contributed by atoms with Crippen LogP contribution in [0.1, 0.15) is 0 Å². The Bertz CT molecular complexity index is 206. The monoisotopic (exact) mass is 172 g/mol. The van der Waals surface area contributed by atoms with E-state index in [0.29, 0.717) is 0 Å². The molecule has 1 rings (SSSR count). The van der Waals surface area contributed by atoms with E-state index in [1.54, 1.807) is 19.5 Å². The van der Waals surface area contributed by atoms with Crippen molar-refractivity contribution in [2.45, 2.75) is 0 Å². The lowest BCUT2D eigenvalue weighted by Crippen LogP contribution is -1.89. The van der Waals surface area contributed by atoms with Gasteiger partial charge in [0.1, 0.15) is 5.75 Å². The van der Waals surface area contributed by atoms with Crippen molar-refractivity contribution in [2.24, 2.45) is 0 Å². The Morgan fingerprint density at radius 2 is 2.42 bits per heavy atom. The van der Waals surface area contributed by atoms with Crippen LogP contribution in [0, 0.1) is 0 Å². The number of methoxy groups -OCH3 is 1. The SMILES string of the molecule is COc1cccnc1.O=CNF. The molecule has 0 aromatic carbocycles. The highest BCUT2D eigenvalue weighted by atomic mass is 19.2. The molecule has 0 unspecified atom stereocenters. The number of rotatable bonds is 2. The summed E-state index contributed by atoms with van der Waals surface area (Å²) in [4.78, 5) is 12.5. The lowest BCUT2D eigenvalue weighted by atomic mass is 10.5. The summed E-state index contributed by atoms with van der Waals surface area (Å²) in [7, 11) is 1.62. The minimum Gasteiger partial charge on any atom is -0.495 e. The third-order valence-corrected chi connectivity index (χ3v) is 0.915. The molecule has 0 atom stereocenters. The van der Waals surface area contributed by atoms with Gasteiger partial charge in [0.05, 0.1) is 13.3 Å². The first-order chi connectivity index (χ1) is 5.85. The van der Waals surface area contributed by atoms with Crippen molar-refractivity contribution in [2.75, 3.05) is 7.11 Å². The lowest BCUT2D eigenvalue weighted by molar-refractivity contribution is -0.113. The average molecular weight is 172 g/mol. The van der Waals surface area contributed by atoms with E-state index in [0.717, 1.165) is 11.3 Å². The smallest absolute Gasteiger partial charge is 0.234 e. The van der Waals surface area contributed by atoms with Crippen LogP contribution in [0.15, 0.2) is 24.5 Å². The van der Waals surface area contributed by atoms with Gasteiger partial charge in [0.2, 0.25) is 6.41 Å². The molecule has 1 amide bonds. The van der Waals surface area contributed by atoms with Crippen LogP contribution in [0.5, 0.6) is 5.75 Å². The van der Waals surface area contributed by atoms with E-state index in [9.17, 15) is 4.48 Å². The Morgan fingerprint density at radius 3 is 2.67 bits per heavy atom. The minimum atomic E-state index is -0.0417. The Hall–Kier alpha value is -1.65. The molecule has 0 radical (unpaired) electrons. The van der Waals surface area contributed by atoms with E-state index in [4.69, 9.17) is 9.53 Å². The topological polar surface area (TPSA) is 51.2 Å². The molecule has 66 valence electrons. The van der Waals surface area contributed by atoms with Gasteiger partial charge in [-0.05, 0) is 12.1 Å². The Balaban J connectivity index is 0.000000261. The molecule has 0 aliphatic carbocycles. The second-order valence-electron chi connectivity index (χ2n) is 1.62. The zero-order chi connectivity index (χ0) is 9.23. The van der Waals surface area contributed by atoms with E-state index in [1.165, 1.54) is 0 Å². The fourth-order valence-electron chi connectivity index (χ4n) is 0.468. The molecular weight excluding hydrogens is 163 g/mol. The number of hydrogen-bond donors (Lipinski definition) is 1. The predicted octanol–water partition coefficient (Wildman–Crippen LogP) is 0.707. The van der Waals surface area contributed by atoms with Crippen LogP contribution in [-0.2, 0) is 4.79 Å². The van der Waals surface area contributed by atoms with Crippen LogP contribution < -0.4 is 10.3 Å². The van der Waals surface area contributed by atoms with E-state index in [1.807, 2.05) is 12.1 Å². The summed E-state index contributed by atoms with van der Waals surface area (Å²) in [6.07, 6.45) is 3.34. The molecule has 0 fully saturated rings. The molecule has 1 heterocycles. The van der Waals surface area contributed by atoms with Crippen molar-refractivity contribution >= 4 is 6.41 Å². The number of amides is 1. The number of ether oxygens (including phenoxy) is 1. The Labute approximate surface area is 69.3 Å². The fraction of sp³-hybridized carbons (Fsp3) is 0.143. The molecule has 0 saturated carbocycles. The van der Waals surface area contributed by atoms with Crippen molar-refractivity contribution in [3.63, 3.8) is 0 Å². The van der Waals surface area contributed by atoms with Gasteiger partial charge in [0.15, 0.2) is 0 Å². The molecule has 1 N–H and O–H groups in total. The maximum absolute atomic E-state index is 10.1. The molecule has 0 saturated heterocycles. The van der Waals surface area contributed by atoms with Crippen molar-refractivity contribution in [1.29, 1.82) is 0 Å². The molecule has 0 aliphatic rings. The molecule has 12 heavy (non-hydrogen) atoms. The van der Waals surface area contributed by atoms with Crippen LogP contribution in [0.3, 0.4) is 0 Å². The molecule has 0 bridgehead atoms. The lowest BCUT2D eigenvalue weighted by Gasteiger charge is -1.93. The number of aromatic nitrogens is 1. The van der Waals surface area contributed by atoms with Crippen LogP contribution >= 0.6 is 0 Å². The van der Waals surface area contributed by atoms with Crippen LogP contribution in [0.2, 0.25) is 0 Å². The van der Waals surface area contributed by atoms with E-state index < -0.39 is 0 Å². The molecular formula is C7H9FN2O2. The third-order valence-electron chi connectivity index (χ3n) is 0.915. The largest absolute Gasteiger partial charge is 0.495 e. The summed E-state index contributed by atoms with van der Waals surface area (Å²) in [5.74, 6) is 0.799. The Morgan fingerprint density at radius 1 is 1.75 bits per heavy atom. The van der Waals surface area contributed by atoms with Crippen molar-refractivity contribution in [3.8, 4) is 5.75 Å². The van der Waals surface area contributed by atoms with Gasteiger partial charge in [0.25, 0.3) is 0 Å².